The molecule has 0 saturated heterocycles. The molecule has 0 fully saturated rings. The van der Waals surface area contributed by atoms with Crippen LogP contribution in [-0.4, -0.2) is 9.55 Å². The van der Waals surface area contributed by atoms with E-state index in [9.17, 15) is 13.2 Å². The Morgan fingerprint density at radius 3 is 2.52 bits per heavy atom. The minimum Gasteiger partial charge on any atom is -0.328 e. The highest BCUT2D eigenvalue weighted by Gasteiger charge is 2.34. The van der Waals surface area contributed by atoms with E-state index >= 15 is 0 Å². The normalized spacial score (nSPS) is 12.0. The van der Waals surface area contributed by atoms with Crippen molar-refractivity contribution in [2.75, 3.05) is 0 Å². The second kappa shape index (κ2) is 4.77. The molecule has 2 nitrogen and oxygen atoms in total. The fourth-order valence-corrected chi connectivity index (χ4v) is 2.53. The molecule has 21 heavy (non-hydrogen) atoms. The third kappa shape index (κ3) is 2.38. The number of hydrogen-bond acceptors (Lipinski definition) is 1. The van der Waals surface area contributed by atoms with E-state index in [-0.39, 0.29) is 5.56 Å². The molecule has 0 aliphatic rings. The Kier molecular flexibility index (Phi) is 3.17. The average molecular weight is 311 g/mol. The number of hydrogen-bond donors (Lipinski definition) is 0. The Bertz CT molecular complexity index is 821. The Labute approximate surface area is 123 Å². The van der Waals surface area contributed by atoms with Crippen LogP contribution >= 0.6 is 11.6 Å². The van der Waals surface area contributed by atoms with Crippen LogP contribution in [-0.2, 0) is 13.2 Å². The molecule has 0 unspecified atom stereocenters. The van der Waals surface area contributed by atoms with Crippen molar-refractivity contribution in [3.63, 3.8) is 0 Å². The van der Waals surface area contributed by atoms with Crippen LogP contribution in [0.25, 0.3) is 22.3 Å². The maximum atomic E-state index is 13.1. The topological polar surface area (TPSA) is 17.8 Å². The maximum absolute atomic E-state index is 13.1. The van der Waals surface area contributed by atoms with Crippen molar-refractivity contribution in [3.8, 4) is 11.3 Å². The van der Waals surface area contributed by atoms with Crippen LogP contribution in [0.5, 0.6) is 0 Å². The third-order valence-corrected chi connectivity index (χ3v) is 3.56. The third-order valence-electron chi connectivity index (χ3n) is 3.35. The molecule has 0 saturated carbocycles. The standard InChI is InChI=1S/C15H10ClF3N2/c1-21-12(8-9-6-7-13(16)20-14(9)21)10-4-2-3-5-11(10)15(17,18)19/h2-8H,1H3. The first-order valence-electron chi connectivity index (χ1n) is 6.16. The largest absolute Gasteiger partial charge is 0.417 e. The molecule has 108 valence electrons. The molecule has 0 spiro atoms. The molecular formula is C15H10ClF3N2. The lowest BCUT2D eigenvalue weighted by Crippen LogP contribution is -2.08. The molecule has 0 bridgehead atoms. The van der Waals surface area contributed by atoms with Gasteiger partial charge < -0.3 is 4.57 Å². The molecule has 3 rings (SSSR count). The van der Waals surface area contributed by atoms with Gasteiger partial charge in [-0.15, -0.1) is 0 Å². The second-order valence-electron chi connectivity index (χ2n) is 4.68. The van der Waals surface area contributed by atoms with Crippen LogP contribution in [0.1, 0.15) is 5.56 Å². The Hall–Kier alpha value is -2.01. The Balaban J connectivity index is 2.29. The summed E-state index contributed by atoms with van der Waals surface area (Å²) in [6.45, 7) is 0. The molecule has 1 aromatic carbocycles. The molecule has 0 radical (unpaired) electrons. The van der Waals surface area contributed by atoms with Crippen LogP contribution in [0.4, 0.5) is 13.2 Å². The van der Waals surface area contributed by atoms with Gasteiger partial charge in [-0.1, -0.05) is 29.8 Å². The van der Waals surface area contributed by atoms with Gasteiger partial charge in [0.15, 0.2) is 0 Å². The van der Waals surface area contributed by atoms with Crippen molar-refractivity contribution in [2.45, 2.75) is 6.18 Å². The zero-order valence-electron chi connectivity index (χ0n) is 10.9. The highest BCUT2D eigenvalue weighted by atomic mass is 35.5. The Morgan fingerprint density at radius 1 is 1.10 bits per heavy atom. The highest BCUT2D eigenvalue weighted by molar-refractivity contribution is 6.29. The Morgan fingerprint density at radius 2 is 1.81 bits per heavy atom. The van der Waals surface area contributed by atoms with Gasteiger partial charge in [0.25, 0.3) is 0 Å². The molecule has 0 amide bonds. The lowest BCUT2D eigenvalue weighted by molar-refractivity contribution is -0.137. The van der Waals surface area contributed by atoms with Gasteiger partial charge in [-0.2, -0.15) is 13.2 Å². The number of aromatic nitrogens is 2. The van der Waals surface area contributed by atoms with Gasteiger partial charge in [0.05, 0.1) is 11.3 Å². The van der Waals surface area contributed by atoms with Crippen LogP contribution in [0, 0.1) is 0 Å². The summed E-state index contributed by atoms with van der Waals surface area (Å²) in [6.07, 6.45) is -4.40. The van der Waals surface area contributed by atoms with Crippen LogP contribution in [0.2, 0.25) is 5.15 Å². The minimum absolute atomic E-state index is 0.127. The van der Waals surface area contributed by atoms with E-state index < -0.39 is 11.7 Å². The lowest BCUT2D eigenvalue weighted by Gasteiger charge is -2.13. The van der Waals surface area contributed by atoms with Crippen molar-refractivity contribution in [1.82, 2.24) is 9.55 Å². The zero-order chi connectivity index (χ0) is 15.2. The summed E-state index contributed by atoms with van der Waals surface area (Å²) < 4.78 is 41.0. The summed E-state index contributed by atoms with van der Waals surface area (Å²) in [5.74, 6) is 0. The zero-order valence-corrected chi connectivity index (χ0v) is 11.7. The van der Waals surface area contributed by atoms with Gasteiger partial charge in [0.2, 0.25) is 0 Å². The van der Waals surface area contributed by atoms with Crippen molar-refractivity contribution in [2.24, 2.45) is 7.05 Å². The lowest BCUT2D eigenvalue weighted by atomic mass is 10.0. The number of pyridine rings is 1. The monoisotopic (exact) mass is 310 g/mol. The summed E-state index contributed by atoms with van der Waals surface area (Å²) in [6, 6.07) is 10.5. The van der Waals surface area contributed by atoms with Crippen molar-refractivity contribution in [1.29, 1.82) is 0 Å². The van der Waals surface area contributed by atoms with Gasteiger partial charge in [-0.3, -0.25) is 0 Å². The summed E-state index contributed by atoms with van der Waals surface area (Å²) in [5.41, 5.74) is 0.464. The molecule has 0 atom stereocenters. The fraction of sp³-hybridized carbons (Fsp3) is 0.133. The van der Waals surface area contributed by atoms with Crippen molar-refractivity contribution < 1.29 is 13.2 Å². The summed E-state index contributed by atoms with van der Waals surface area (Å²) >= 11 is 5.85. The number of aryl methyl sites for hydroxylation is 1. The summed E-state index contributed by atoms with van der Waals surface area (Å²) in [5, 5.41) is 1.05. The molecule has 2 heterocycles. The molecule has 3 aromatic rings. The van der Waals surface area contributed by atoms with Crippen molar-refractivity contribution >= 4 is 22.6 Å². The summed E-state index contributed by atoms with van der Waals surface area (Å²) in [7, 11) is 1.67. The van der Waals surface area contributed by atoms with E-state index in [0.29, 0.717) is 16.5 Å². The number of benzene rings is 1. The molecule has 0 N–H and O–H groups in total. The first kappa shape index (κ1) is 13.9. The fourth-order valence-electron chi connectivity index (χ4n) is 2.39. The van der Waals surface area contributed by atoms with Gasteiger partial charge in [0, 0.05) is 18.0 Å². The SMILES string of the molecule is Cn1c(-c2ccccc2C(F)(F)F)cc2ccc(Cl)nc21. The molecule has 6 heteroatoms. The van der Waals surface area contributed by atoms with E-state index in [4.69, 9.17) is 11.6 Å². The molecule has 0 aliphatic carbocycles. The van der Waals surface area contributed by atoms with E-state index in [1.54, 1.807) is 35.9 Å². The average Bonchev–Trinajstić information content (AvgIpc) is 2.75. The van der Waals surface area contributed by atoms with Crippen LogP contribution in [0.3, 0.4) is 0 Å². The summed E-state index contributed by atoms with van der Waals surface area (Å²) in [4.78, 5) is 4.16. The molecule has 0 aliphatic heterocycles. The number of rotatable bonds is 1. The number of nitrogens with zero attached hydrogens (tertiary/aromatic N) is 2. The number of halogens is 4. The number of alkyl halides is 3. The first-order valence-corrected chi connectivity index (χ1v) is 6.54. The van der Waals surface area contributed by atoms with E-state index in [2.05, 4.69) is 4.98 Å². The van der Waals surface area contributed by atoms with Gasteiger partial charge >= 0.3 is 6.18 Å². The predicted molar refractivity (Wildman–Crippen MR) is 76.2 cm³/mol. The predicted octanol–water partition coefficient (Wildman–Crippen LogP) is 4.91. The smallest absolute Gasteiger partial charge is 0.328 e. The van der Waals surface area contributed by atoms with E-state index in [0.717, 1.165) is 11.5 Å². The second-order valence-corrected chi connectivity index (χ2v) is 5.07. The quantitative estimate of drug-likeness (QED) is 0.584. The molecule has 2 aromatic heterocycles. The van der Waals surface area contributed by atoms with Crippen LogP contribution in [0.15, 0.2) is 42.5 Å². The van der Waals surface area contributed by atoms with Gasteiger partial charge in [-0.25, -0.2) is 4.98 Å². The van der Waals surface area contributed by atoms with E-state index in [1.165, 1.54) is 12.1 Å². The first-order chi connectivity index (χ1) is 9.88. The van der Waals surface area contributed by atoms with Crippen molar-refractivity contribution in [3.05, 3.63) is 53.2 Å². The van der Waals surface area contributed by atoms with Crippen LogP contribution < -0.4 is 0 Å². The maximum Gasteiger partial charge on any atom is 0.417 e. The molecular weight excluding hydrogens is 301 g/mol. The number of fused-ring (bicyclic) bond motifs is 1. The van der Waals surface area contributed by atoms with Gasteiger partial charge in [0.1, 0.15) is 10.8 Å². The minimum atomic E-state index is -4.40. The van der Waals surface area contributed by atoms with Gasteiger partial charge in [-0.05, 0) is 24.3 Å². The highest BCUT2D eigenvalue weighted by Crippen LogP contribution is 2.38. The van der Waals surface area contributed by atoms with E-state index in [1.807, 2.05) is 0 Å².